The van der Waals surface area contributed by atoms with Gasteiger partial charge in [-0.2, -0.15) is 0 Å². The van der Waals surface area contributed by atoms with E-state index < -0.39 is 0 Å². The lowest BCUT2D eigenvalue weighted by molar-refractivity contribution is 0.306. The molecule has 0 radical (unpaired) electrons. The molecule has 3 rings (SSSR count). The summed E-state index contributed by atoms with van der Waals surface area (Å²) in [4.78, 5) is 6.93. The number of nitrogens with zero attached hydrogens (tertiary/aromatic N) is 2. The third-order valence-electron chi connectivity index (χ3n) is 3.85. The molecule has 1 atom stereocenters. The van der Waals surface area contributed by atoms with Gasteiger partial charge in [0.05, 0.1) is 5.69 Å². The molecule has 1 aliphatic heterocycles. The standard InChI is InChI=1S/C17H21N3/c1-13-6-5-7-15(19-13)12-20(2)11-14-10-18-17-9-4-3-8-16(14)17/h3-9,14,18H,10-12H2,1-2H3. The normalized spacial score (nSPS) is 17.1. The van der Waals surface area contributed by atoms with Gasteiger partial charge >= 0.3 is 0 Å². The van der Waals surface area contributed by atoms with Crippen molar-refractivity contribution in [2.75, 3.05) is 25.5 Å². The zero-order valence-corrected chi connectivity index (χ0v) is 12.1. The number of para-hydroxylation sites is 1. The minimum atomic E-state index is 0.570. The summed E-state index contributed by atoms with van der Waals surface area (Å²) in [5, 5.41) is 3.49. The fraction of sp³-hybridized carbons (Fsp3) is 0.353. The molecule has 2 heterocycles. The highest BCUT2D eigenvalue weighted by Crippen LogP contribution is 2.31. The summed E-state index contributed by atoms with van der Waals surface area (Å²) in [5.74, 6) is 0.570. The molecule has 1 aliphatic rings. The quantitative estimate of drug-likeness (QED) is 0.923. The van der Waals surface area contributed by atoms with Crippen LogP contribution in [-0.2, 0) is 6.54 Å². The molecule has 0 saturated heterocycles. The van der Waals surface area contributed by atoms with Crippen molar-refractivity contribution in [2.45, 2.75) is 19.4 Å². The molecular weight excluding hydrogens is 246 g/mol. The highest BCUT2D eigenvalue weighted by atomic mass is 15.1. The minimum absolute atomic E-state index is 0.570. The molecule has 0 aliphatic carbocycles. The smallest absolute Gasteiger partial charge is 0.0547 e. The summed E-state index contributed by atoms with van der Waals surface area (Å²) in [6.07, 6.45) is 0. The molecule has 2 aromatic rings. The van der Waals surface area contributed by atoms with Crippen molar-refractivity contribution in [2.24, 2.45) is 0 Å². The number of anilines is 1. The van der Waals surface area contributed by atoms with Gasteiger partial charge in [-0.25, -0.2) is 0 Å². The van der Waals surface area contributed by atoms with Crippen LogP contribution in [0.1, 0.15) is 22.9 Å². The van der Waals surface area contributed by atoms with Crippen LogP contribution in [0.25, 0.3) is 0 Å². The Balaban J connectivity index is 1.64. The molecule has 1 aromatic heterocycles. The molecular formula is C17H21N3. The lowest BCUT2D eigenvalue weighted by Gasteiger charge is -2.20. The van der Waals surface area contributed by atoms with E-state index in [9.17, 15) is 0 Å². The van der Waals surface area contributed by atoms with Crippen LogP contribution in [0.5, 0.6) is 0 Å². The second-order valence-corrected chi connectivity index (χ2v) is 5.63. The highest BCUT2D eigenvalue weighted by molar-refractivity contribution is 5.57. The Hall–Kier alpha value is -1.87. The zero-order valence-electron chi connectivity index (χ0n) is 12.1. The van der Waals surface area contributed by atoms with Crippen molar-refractivity contribution in [3.8, 4) is 0 Å². The van der Waals surface area contributed by atoms with Crippen LogP contribution in [0.2, 0.25) is 0 Å². The van der Waals surface area contributed by atoms with Gasteiger partial charge in [-0.3, -0.25) is 9.88 Å². The number of rotatable bonds is 4. The Morgan fingerprint density at radius 3 is 2.90 bits per heavy atom. The highest BCUT2D eigenvalue weighted by Gasteiger charge is 2.22. The average Bonchev–Trinajstić information content (AvgIpc) is 2.82. The summed E-state index contributed by atoms with van der Waals surface area (Å²) in [6, 6.07) is 14.8. The van der Waals surface area contributed by atoms with Gasteiger partial charge in [0.1, 0.15) is 0 Å². The van der Waals surface area contributed by atoms with Gasteiger partial charge in [-0.1, -0.05) is 24.3 Å². The topological polar surface area (TPSA) is 28.2 Å². The molecule has 0 spiro atoms. The Labute approximate surface area is 120 Å². The van der Waals surface area contributed by atoms with Crippen LogP contribution in [0.15, 0.2) is 42.5 Å². The average molecular weight is 267 g/mol. The van der Waals surface area contributed by atoms with E-state index in [1.807, 2.05) is 13.0 Å². The maximum Gasteiger partial charge on any atom is 0.0547 e. The van der Waals surface area contributed by atoms with E-state index in [4.69, 9.17) is 0 Å². The van der Waals surface area contributed by atoms with Crippen molar-refractivity contribution in [1.29, 1.82) is 0 Å². The van der Waals surface area contributed by atoms with Crippen LogP contribution in [0.4, 0.5) is 5.69 Å². The Morgan fingerprint density at radius 1 is 1.20 bits per heavy atom. The van der Waals surface area contributed by atoms with E-state index in [-0.39, 0.29) is 0 Å². The molecule has 1 N–H and O–H groups in total. The van der Waals surface area contributed by atoms with Gasteiger partial charge in [0, 0.05) is 36.9 Å². The predicted molar refractivity (Wildman–Crippen MR) is 83.0 cm³/mol. The number of aromatic nitrogens is 1. The van der Waals surface area contributed by atoms with Crippen LogP contribution in [0.3, 0.4) is 0 Å². The van der Waals surface area contributed by atoms with Gasteiger partial charge in [0.25, 0.3) is 0 Å². The summed E-state index contributed by atoms with van der Waals surface area (Å²) < 4.78 is 0. The lowest BCUT2D eigenvalue weighted by atomic mass is 10.0. The molecule has 0 fully saturated rings. The second kappa shape index (κ2) is 5.63. The van der Waals surface area contributed by atoms with Gasteiger partial charge < -0.3 is 5.32 Å². The monoisotopic (exact) mass is 267 g/mol. The molecule has 3 heteroatoms. The lowest BCUT2D eigenvalue weighted by Crippen LogP contribution is -2.25. The number of pyridine rings is 1. The molecule has 20 heavy (non-hydrogen) atoms. The molecule has 1 aromatic carbocycles. The van der Waals surface area contributed by atoms with Gasteiger partial charge in [0.15, 0.2) is 0 Å². The van der Waals surface area contributed by atoms with Crippen LogP contribution >= 0.6 is 0 Å². The summed E-state index contributed by atoms with van der Waals surface area (Å²) in [6.45, 7) is 5.03. The molecule has 0 amide bonds. The maximum atomic E-state index is 4.57. The van der Waals surface area contributed by atoms with E-state index in [0.717, 1.165) is 31.0 Å². The van der Waals surface area contributed by atoms with Crippen LogP contribution in [0, 0.1) is 6.92 Å². The van der Waals surface area contributed by atoms with Crippen molar-refractivity contribution in [3.05, 3.63) is 59.4 Å². The molecule has 104 valence electrons. The zero-order chi connectivity index (χ0) is 13.9. The first-order chi connectivity index (χ1) is 9.72. The number of fused-ring (bicyclic) bond motifs is 1. The van der Waals surface area contributed by atoms with Crippen LogP contribution < -0.4 is 5.32 Å². The van der Waals surface area contributed by atoms with E-state index in [1.165, 1.54) is 11.3 Å². The fourth-order valence-electron chi connectivity index (χ4n) is 2.92. The largest absolute Gasteiger partial charge is 0.384 e. The second-order valence-electron chi connectivity index (χ2n) is 5.63. The number of aryl methyl sites for hydroxylation is 1. The van der Waals surface area contributed by atoms with Gasteiger partial charge in [-0.15, -0.1) is 0 Å². The number of hydrogen-bond acceptors (Lipinski definition) is 3. The summed E-state index contributed by atoms with van der Waals surface area (Å²) in [5.41, 5.74) is 4.96. The third-order valence-corrected chi connectivity index (χ3v) is 3.85. The molecule has 0 bridgehead atoms. The fourth-order valence-corrected chi connectivity index (χ4v) is 2.92. The Bertz CT molecular complexity index is 594. The van der Waals surface area contributed by atoms with E-state index in [2.05, 4.69) is 58.6 Å². The molecule has 1 unspecified atom stereocenters. The molecule has 3 nitrogen and oxygen atoms in total. The van der Waals surface area contributed by atoms with Crippen molar-refractivity contribution in [3.63, 3.8) is 0 Å². The third kappa shape index (κ3) is 2.83. The van der Waals surface area contributed by atoms with Crippen molar-refractivity contribution in [1.82, 2.24) is 9.88 Å². The summed E-state index contributed by atoms with van der Waals surface area (Å²) >= 11 is 0. The number of hydrogen-bond donors (Lipinski definition) is 1. The number of nitrogens with one attached hydrogen (secondary N) is 1. The number of benzene rings is 1. The SMILES string of the molecule is Cc1cccc(CN(C)CC2CNc3ccccc32)n1. The van der Waals surface area contributed by atoms with E-state index >= 15 is 0 Å². The first kappa shape index (κ1) is 13.1. The first-order valence-corrected chi connectivity index (χ1v) is 7.16. The first-order valence-electron chi connectivity index (χ1n) is 7.16. The maximum absolute atomic E-state index is 4.57. The Morgan fingerprint density at radius 2 is 2.05 bits per heavy atom. The van der Waals surface area contributed by atoms with Gasteiger partial charge in [0.2, 0.25) is 0 Å². The van der Waals surface area contributed by atoms with Crippen molar-refractivity contribution < 1.29 is 0 Å². The minimum Gasteiger partial charge on any atom is -0.384 e. The predicted octanol–water partition coefficient (Wildman–Crippen LogP) is 3.03. The van der Waals surface area contributed by atoms with Crippen molar-refractivity contribution >= 4 is 5.69 Å². The Kier molecular flexibility index (Phi) is 3.70. The number of likely N-dealkylation sites (N-methyl/N-ethyl adjacent to an activating group) is 1. The van der Waals surface area contributed by atoms with Crippen LogP contribution in [-0.4, -0.2) is 30.0 Å². The van der Waals surface area contributed by atoms with E-state index in [1.54, 1.807) is 0 Å². The molecule has 0 saturated carbocycles. The summed E-state index contributed by atoms with van der Waals surface area (Å²) in [7, 11) is 2.17. The van der Waals surface area contributed by atoms with E-state index in [0.29, 0.717) is 5.92 Å². The van der Waals surface area contributed by atoms with Gasteiger partial charge in [-0.05, 0) is 37.7 Å².